The van der Waals surface area contributed by atoms with Crippen LogP contribution in [0.25, 0.3) is 0 Å². The molecule has 1 aliphatic heterocycles. The van der Waals surface area contributed by atoms with Crippen molar-refractivity contribution in [3.63, 3.8) is 0 Å². The Kier molecular flexibility index (Phi) is 4.73. The predicted molar refractivity (Wildman–Crippen MR) is 60.1 cm³/mol. The average Bonchev–Trinajstić information content (AvgIpc) is 2.16. The van der Waals surface area contributed by atoms with Crippen LogP contribution in [0.2, 0.25) is 0 Å². The van der Waals surface area contributed by atoms with Gasteiger partial charge in [0.25, 0.3) is 0 Å². The van der Waals surface area contributed by atoms with Crippen LogP contribution in [0.4, 0.5) is 0 Å². The van der Waals surface area contributed by atoms with E-state index in [0.717, 1.165) is 12.8 Å². The van der Waals surface area contributed by atoms with Crippen molar-refractivity contribution in [1.82, 2.24) is 10.2 Å². The molecular weight excluding hydrogens is 208 g/mol. The fourth-order valence-electron chi connectivity index (χ4n) is 1.95. The number of likely N-dealkylation sites (tertiary alicyclic amines) is 1. The third-order valence-electron chi connectivity index (χ3n) is 2.75. The summed E-state index contributed by atoms with van der Waals surface area (Å²) in [5.74, 6) is -0.650. The second-order valence-electron chi connectivity index (χ2n) is 4.61. The van der Waals surface area contributed by atoms with Gasteiger partial charge in [-0.05, 0) is 39.8 Å². The van der Waals surface area contributed by atoms with Crippen molar-refractivity contribution in [1.29, 1.82) is 0 Å². The van der Waals surface area contributed by atoms with E-state index in [1.54, 1.807) is 0 Å². The van der Waals surface area contributed by atoms with Crippen LogP contribution in [0.1, 0.15) is 26.7 Å². The normalized spacial score (nSPS) is 18.7. The molecule has 2 N–H and O–H groups in total. The summed E-state index contributed by atoms with van der Waals surface area (Å²) >= 11 is 0. The van der Waals surface area contributed by atoms with Crippen LogP contribution in [0.5, 0.6) is 0 Å². The maximum absolute atomic E-state index is 11.7. The van der Waals surface area contributed by atoms with Gasteiger partial charge in [0, 0.05) is 12.0 Å². The number of aliphatic carboxylic acids is 1. The Hall–Kier alpha value is -1.10. The number of carboxylic acid groups (broad SMARTS) is 1. The molecule has 0 radical (unpaired) electrons. The zero-order valence-corrected chi connectivity index (χ0v) is 9.90. The molecule has 0 spiro atoms. The lowest BCUT2D eigenvalue weighted by atomic mass is 9.95. The molecule has 0 aromatic rings. The first-order chi connectivity index (χ1) is 7.49. The first kappa shape index (κ1) is 13.0. The van der Waals surface area contributed by atoms with E-state index in [1.165, 1.54) is 0 Å². The number of rotatable bonds is 4. The van der Waals surface area contributed by atoms with Gasteiger partial charge >= 0.3 is 5.97 Å². The van der Waals surface area contributed by atoms with Gasteiger partial charge in [0.15, 0.2) is 0 Å². The quantitative estimate of drug-likeness (QED) is 0.726. The molecule has 5 heteroatoms. The molecule has 0 aliphatic carbocycles. The molecule has 1 aliphatic rings. The minimum atomic E-state index is -0.801. The van der Waals surface area contributed by atoms with Gasteiger partial charge in [0.2, 0.25) is 5.91 Å². The maximum atomic E-state index is 11.7. The number of nitrogens with one attached hydrogen (secondary N) is 1. The minimum Gasteiger partial charge on any atom is -0.480 e. The lowest BCUT2D eigenvalue weighted by Gasteiger charge is -2.30. The highest BCUT2D eigenvalue weighted by molar-refractivity contribution is 5.79. The van der Waals surface area contributed by atoms with Gasteiger partial charge in [-0.15, -0.1) is 0 Å². The van der Waals surface area contributed by atoms with Crippen LogP contribution in [0.3, 0.4) is 0 Å². The first-order valence-corrected chi connectivity index (χ1v) is 5.73. The van der Waals surface area contributed by atoms with Crippen molar-refractivity contribution >= 4 is 11.9 Å². The number of piperidine rings is 1. The molecule has 0 unspecified atom stereocenters. The molecule has 1 heterocycles. The molecule has 0 atom stereocenters. The second kappa shape index (κ2) is 5.84. The molecule has 0 saturated carbocycles. The smallest absolute Gasteiger partial charge is 0.317 e. The van der Waals surface area contributed by atoms with E-state index < -0.39 is 5.97 Å². The molecule has 16 heavy (non-hydrogen) atoms. The van der Waals surface area contributed by atoms with E-state index in [4.69, 9.17) is 5.11 Å². The lowest BCUT2D eigenvalue weighted by Crippen LogP contribution is -2.43. The van der Waals surface area contributed by atoms with Gasteiger partial charge in [-0.25, -0.2) is 0 Å². The molecule has 0 aromatic carbocycles. The number of nitrogens with zero attached hydrogens (tertiary/aromatic N) is 1. The number of carboxylic acids is 1. The Bertz CT molecular complexity index is 258. The monoisotopic (exact) mass is 228 g/mol. The van der Waals surface area contributed by atoms with E-state index in [-0.39, 0.29) is 24.4 Å². The van der Waals surface area contributed by atoms with Crippen LogP contribution in [-0.2, 0) is 9.59 Å². The number of hydrogen-bond acceptors (Lipinski definition) is 3. The standard InChI is InChI=1S/C11H20N2O3/c1-8(2)12-11(16)9-3-5-13(6-4-9)7-10(14)15/h8-9H,3-7H2,1-2H3,(H,12,16)(H,14,15). The highest BCUT2D eigenvalue weighted by Crippen LogP contribution is 2.17. The Balaban J connectivity index is 2.31. The molecule has 0 bridgehead atoms. The fourth-order valence-corrected chi connectivity index (χ4v) is 1.95. The summed E-state index contributed by atoms with van der Waals surface area (Å²) in [5, 5.41) is 11.5. The summed E-state index contributed by atoms with van der Waals surface area (Å²) in [6.45, 7) is 5.36. The van der Waals surface area contributed by atoms with E-state index in [0.29, 0.717) is 13.1 Å². The van der Waals surface area contributed by atoms with Gasteiger partial charge in [0.05, 0.1) is 6.54 Å². The Morgan fingerprint density at radius 2 is 1.94 bits per heavy atom. The molecule has 5 nitrogen and oxygen atoms in total. The Labute approximate surface area is 95.8 Å². The topological polar surface area (TPSA) is 69.6 Å². The molecule has 1 amide bonds. The van der Waals surface area contributed by atoms with Crippen molar-refractivity contribution in [2.24, 2.45) is 5.92 Å². The number of carbonyl (C=O) groups is 2. The molecule has 1 saturated heterocycles. The zero-order chi connectivity index (χ0) is 12.1. The fraction of sp³-hybridized carbons (Fsp3) is 0.818. The van der Waals surface area contributed by atoms with Crippen molar-refractivity contribution in [3.05, 3.63) is 0 Å². The largest absolute Gasteiger partial charge is 0.480 e. The zero-order valence-electron chi connectivity index (χ0n) is 9.90. The van der Waals surface area contributed by atoms with Crippen LogP contribution in [0.15, 0.2) is 0 Å². The summed E-state index contributed by atoms with van der Waals surface area (Å²) in [4.78, 5) is 24.1. The van der Waals surface area contributed by atoms with Crippen LogP contribution in [0, 0.1) is 5.92 Å². The van der Waals surface area contributed by atoms with Gasteiger partial charge in [0.1, 0.15) is 0 Å². The molecule has 0 aromatic heterocycles. The highest BCUT2D eigenvalue weighted by Gasteiger charge is 2.25. The molecular formula is C11H20N2O3. The first-order valence-electron chi connectivity index (χ1n) is 5.73. The third-order valence-corrected chi connectivity index (χ3v) is 2.75. The lowest BCUT2D eigenvalue weighted by molar-refractivity contribution is -0.138. The summed E-state index contributed by atoms with van der Waals surface area (Å²) in [6, 6.07) is 0.171. The number of amides is 1. The number of carbonyl (C=O) groups excluding carboxylic acids is 1. The summed E-state index contributed by atoms with van der Waals surface area (Å²) in [6.07, 6.45) is 1.51. The maximum Gasteiger partial charge on any atom is 0.317 e. The third kappa shape index (κ3) is 4.18. The van der Waals surface area contributed by atoms with Gasteiger partial charge in [-0.3, -0.25) is 14.5 Å². The summed E-state index contributed by atoms with van der Waals surface area (Å²) in [7, 11) is 0. The van der Waals surface area contributed by atoms with Crippen molar-refractivity contribution < 1.29 is 14.7 Å². The van der Waals surface area contributed by atoms with Gasteiger partial charge in [-0.2, -0.15) is 0 Å². The van der Waals surface area contributed by atoms with E-state index >= 15 is 0 Å². The summed E-state index contributed by atoms with van der Waals surface area (Å²) in [5.41, 5.74) is 0. The van der Waals surface area contributed by atoms with Gasteiger partial charge < -0.3 is 10.4 Å². The van der Waals surface area contributed by atoms with Crippen molar-refractivity contribution in [2.75, 3.05) is 19.6 Å². The molecule has 1 rings (SSSR count). The second-order valence-corrected chi connectivity index (χ2v) is 4.61. The predicted octanol–water partition coefficient (Wildman–Crippen LogP) is 0.308. The van der Waals surface area contributed by atoms with E-state index in [2.05, 4.69) is 5.32 Å². The van der Waals surface area contributed by atoms with Crippen molar-refractivity contribution in [3.8, 4) is 0 Å². The van der Waals surface area contributed by atoms with Crippen LogP contribution in [-0.4, -0.2) is 47.6 Å². The van der Waals surface area contributed by atoms with E-state index in [9.17, 15) is 9.59 Å². The average molecular weight is 228 g/mol. The van der Waals surface area contributed by atoms with E-state index in [1.807, 2.05) is 18.7 Å². The molecule has 92 valence electrons. The van der Waals surface area contributed by atoms with Crippen LogP contribution < -0.4 is 5.32 Å². The van der Waals surface area contributed by atoms with Crippen LogP contribution >= 0.6 is 0 Å². The minimum absolute atomic E-state index is 0.0486. The van der Waals surface area contributed by atoms with Gasteiger partial charge in [-0.1, -0.05) is 0 Å². The Morgan fingerprint density at radius 1 is 1.38 bits per heavy atom. The van der Waals surface area contributed by atoms with Crippen molar-refractivity contribution in [2.45, 2.75) is 32.7 Å². The highest BCUT2D eigenvalue weighted by atomic mass is 16.4. The number of hydrogen-bond donors (Lipinski definition) is 2. The summed E-state index contributed by atoms with van der Waals surface area (Å²) < 4.78 is 0. The molecule has 1 fully saturated rings. The SMILES string of the molecule is CC(C)NC(=O)C1CCN(CC(=O)O)CC1. The Morgan fingerprint density at radius 3 is 2.38 bits per heavy atom.